The molecule has 0 aromatic carbocycles. The minimum atomic E-state index is 0.395. The van der Waals surface area contributed by atoms with Crippen LogP contribution < -0.4 is 0 Å². The van der Waals surface area contributed by atoms with E-state index in [1.165, 1.54) is 0 Å². The topological polar surface area (TPSA) is 25.8 Å². The number of hydrogen-bond donors (Lipinski definition) is 0. The molecule has 2 nitrogen and oxygen atoms in total. The maximum atomic E-state index is 4.29. The van der Waals surface area contributed by atoms with E-state index in [9.17, 15) is 0 Å². The van der Waals surface area contributed by atoms with Crippen molar-refractivity contribution in [3.63, 3.8) is 0 Å². The first kappa shape index (κ1) is 8.65. The highest BCUT2D eigenvalue weighted by molar-refractivity contribution is 9.10. The van der Waals surface area contributed by atoms with Crippen LogP contribution in [0.15, 0.2) is 10.7 Å². The van der Waals surface area contributed by atoms with Crippen LogP contribution in [0.2, 0.25) is 0 Å². The average Bonchev–Trinajstić information content (AvgIpc) is 1.85. The molecule has 0 atom stereocenters. The Balaban J connectivity index is 3.08. The van der Waals surface area contributed by atoms with Crippen LogP contribution in [0, 0.1) is 6.92 Å². The highest BCUT2D eigenvalue weighted by Gasteiger charge is 2.03. The third-order valence-corrected chi connectivity index (χ3v) is 1.76. The number of rotatable bonds is 1. The van der Waals surface area contributed by atoms with Gasteiger partial charge >= 0.3 is 0 Å². The van der Waals surface area contributed by atoms with E-state index in [1.807, 2.05) is 13.0 Å². The summed E-state index contributed by atoms with van der Waals surface area (Å²) < 4.78 is 0.869. The number of halogens is 1. The van der Waals surface area contributed by atoms with Gasteiger partial charge in [0.15, 0.2) is 0 Å². The molecule has 3 heteroatoms. The molecule has 0 saturated heterocycles. The molecule has 0 saturated carbocycles. The fourth-order valence-electron chi connectivity index (χ4n) is 0.810. The first-order chi connectivity index (χ1) is 5.09. The molecular formula is C8H11BrN2. The van der Waals surface area contributed by atoms with E-state index >= 15 is 0 Å². The lowest BCUT2D eigenvalue weighted by Gasteiger charge is -2.03. The molecule has 0 radical (unpaired) electrons. The number of hydrogen-bond acceptors (Lipinski definition) is 2. The van der Waals surface area contributed by atoms with Crippen LogP contribution in [0.4, 0.5) is 0 Å². The van der Waals surface area contributed by atoms with Gasteiger partial charge in [-0.2, -0.15) is 0 Å². The molecule has 0 bridgehead atoms. The molecule has 0 fully saturated rings. The zero-order valence-electron chi connectivity index (χ0n) is 6.93. The number of nitrogens with zero attached hydrogens (tertiary/aromatic N) is 2. The van der Waals surface area contributed by atoms with Crippen molar-refractivity contribution in [3.8, 4) is 0 Å². The van der Waals surface area contributed by atoms with Gasteiger partial charge in [0.2, 0.25) is 0 Å². The van der Waals surface area contributed by atoms with Gasteiger partial charge in [-0.15, -0.1) is 0 Å². The van der Waals surface area contributed by atoms with Crippen molar-refractivity contribution >= 4 is 15.9 Å². The minimum Gasteiger partial charge on any atom is -0.238 e. The van der Waals surface area contributed by atoms with Crippen LogP contribution in [-0.4, -0.2) is 9.97 Å². The smallest absolute Gasteiger partial charge is 0.132 e. The first-order valence-corrected chi connectivity index (χ1v) is 4.40. The largest absolute Gasteiger partial charge is 0.238 e. The van der Waals surface area contributed by atoms with E-state index in [0.29, 0.717) is 5.92 Å². The Bertz CT molecular complexity index is 238. The fourth-order valence-corrected chi connectivity index (χ4v) is 1.32. The van der Waals surface area contributed by atoms with E-state index in [1.54, 1.807) is 0 Å². The van der Waals surface area contributed by atoms with Gasteiger partial charge in [0.25, 0.3) is 0 Å². The molecule has 11 heavy (non-hydrogen) atoms. The van der Waals surface area contributed by atoms with Gasteiger partial charge in [0.1, 0.15) is 10.4 Å². The molecule has 0 spiro atoms. The van der Waals surface area contributed by atoms with Gasteiger partial charge in [-0.05, 0) is 28.9 Å². The summed E-state index contributed by atoms with van der Waals surface area (Å²) in [6.45, 7) is 6.14. The van der Waals surface area contributed by atoms with Crippen molar-refractivity contribution < 1.29 is 0 Å². The predicted molar refractivity (Wildman–Crippen MR) is 48.6 cm³/mol. The van der Waals surface area contributed by atoms with E-state index < -0.39 is 0 Å². The molecule has 1 heterocycles. The Morgan fingerprint density at radius 3 is 2.45 bits per heavy atom. The van der Waals surface area contributed by atoms with Crippen molar-refractivity contribution in [3.05, 3.63) is 22.2 Å². The second-order valence-corrected chi connectivity index (χ2v) is 3.66. The van der Waals surface area contributed by atoms with Crippen LogP contribution in [0.1, 0.15) is 31.3 Å². The standard InChI is InChI=1S/C8H11BrN2/c1-5(2)8-10-6(3)4-7(9)11-8/h4-5H,1-3H3. The molecular weight excluding hydrogens is 204 g/mol. The summed E-state index contributed by atoms with van der Waals surface area (Å²) in [5.74, 6) is 1.29. The lowest BCUT2D eigenvalue weighted by molar-refractivity contribution is 0.761. The first-order valence-electron chi connectivity index (χ1n) is 3.60. The summed E-state index contributed by atoms with van der Waals surface area (Å²) in [7, 11) is 0. The third kappa shape index (κ3) is 2.26. The molecule has 1 rings (SSSR count). The molecule has 60 valence electrons. The molecule has 0 aliphatic heterocycles. The predicted octanol–water partition coefficient (Wildman–Crippen LogP) is 2.67. The Labute approximate surface area is 75.2 Å². The summed E-state index contributed by atoms with van der Waals surface area (Å²) in [5, 5.41) is 0. The van der Waals surface area contributed by atoms with Crippen LogP contribution in [0.5, 0.6) is 0 Å². The highest BCUT2D eigenvalue weighted by atomic mass is 79.9. The summed E-state index contributed by atoms with van der Waals surface area (Å²) in [5.41, 5.74) is 1.01. The number of aromatic nitrogens is 2. The maximum Gasteiger partial charge on any atom is 0.132 e. The molecule has 1 aromatic rings. The minimum absolute atomic E-state index is 0.395. The van der Waals surface area contributed by atoms with Gasteiger partial charge in [0.05, 0.1) is 0 Å². The summed E-state index contributed by atoms with van der Waals surface area (Å²) in [4.78, 5) is 8.53. The Morgan fingerprint density at radius 2 is 2.00 bits per heavy atom. The zero-order chi connectivity index (χ0) is 8.43. The maximum absolute atomic E-state index is 4.29. The third-order valence-electron chi connectivity index (χ3n) is 1.36. The second kappa shape index (κ2) is 3.30. The molecule has 0 amide bonds. The van der Waals surface area contributed by atoms with E-state index in [4.69, 9.17) is 0 Å². The van der Waals surface area contributed by atoms with Crippen molar-refractivity contribution in [2.45, 2.75) is 26.7 Å². The normalized spacial score (nSPS) is 10.6. The van der Waals surface area contributed by atoms with Crippen molar-refractivity contribution in [1.82, 2.24) is 9.97 Å². The van der Waals surface area contributed by atoms with Gasteiger partial charge < -0.3 is 0 Å². The van der Waals surface area contributed by atoms with Crippen molar-refractivity contribution in [2.75, 3.05) is 0 Å². The lowest BCUT2D eigenvalue weighted by Crippen LogP contribution is -1.98. The second-order valence-electron chi connectivity index (χ2n) is 2.84. The monoisotopic (exact) mass is 214 g/mol. The molecule has 0 N–H and O–H groups in total. The Hall–Kier alpha value is -0.440. The fraction of sp³-hybridized carbons (Fsp3) is 0.500. The lowest BCUT2D eigenvalue weighted by atomic mass is 10.2. The van der Waals surface area contributed by atoms with Crippen LogP contribution in [-0.2, 0) is 0 Å². The van der Waals surface area contributed by atoms with E-state index in [-0.39, 0.29) is 0 Å². The quantitative estimate of drug-likeness (QED) is 0.673. The Kier molecular flexibility index (Phi) is 2.60. The molecule has 0 aliphatic rings. The highest BCUT2D eigenvalue weighted by Crippen LogP contribution is 2.13. The summed E-state index contributed by atoms with van der Waals surface area (Å²) in [6.07, 6.45) is 0. The van der Waals surface area contributed by atoms with Crippen molar-refractivity contribution in [1.29, 1.82) is 0 Å². The van der Waals surface area contributed by atoms with Crippen molar-refractivity contribution in [2.24, 2.45) is 0 Å². The van der Waals surface area contributed by atoms with Gasteiger partial charge in [-0.25, -0.2) is 9.97 Å². The molecule has 0 aliphatic carbocycles. The van der Waals surface area contributed by atoms with Crippen LogP contribution in [0.25, 0.3) is 0 Å². The van der Waals surface area contributed by atoms with Gasteiger partial charge in [-0.3, -0.25) is 0 Å². The Morgan fingerprint density at radius 1 is 1.36 bits per heavy atom. The van der Waals surface area contributed by atoms with Gasteiger partial charge in [0, 0.05) is 11.6 Å². The van der Waals surface area contributed by atoms with Gasteiger partial charge in [-0.1, -0.05) is 13.8 Å². The van der Waals surface area contributed by atoms with E-state index in [2.05, 4.69) is 39.7 Å². The summed E-state index contributed by atoms with van der Waals surface area (Å²) in [6, 6.07) is 1.91. The average molecular weight is 215 g/mol. The molecule has 1 aromatic heterocycles. The van der Waals surface area contributed by atoms with Crippen LogP contribution >= 0.6 is 15.9 Å². The van der Waals surface area contributed by atoms with Crippen LogP contribution in [0.3, 0.4) is 0 Å². The molecule has 0 unspecified atom stereocenters. The number of aryl methyl sites for hydroxylation is 1. The van der Waals surface area contributed by atoms with E-state index in [0.717, 1.165) is 16.1 Å². The SMILES string of the molecule is Cc1cc(Br)nc(C(C)C)n1. The zero-order valence-corrected chi connectivity index (χ0v) is 8.51. The summed E-state index contributed by atoms with van der Waals surface area (Å²) >= 11 is 3.33.